The first-order valence-corrected chi connectivity index (χ1v) is 5.76. The molecule has 0 unspecified atom stereocenters. The lowest BCUT2D eigenvalue weighted by Gasteiger charge is -2.02. The van der Waals surface area contributed by atoms with E-state index in [4.69, 9.17) is 5.73 Å². The van der Waals surface area contributed by atoms with Gasteiger partial charge < -0.3 is 5.73 Å². The SMILES string of the molecule is Nc1cc(-c2ccncc2F)nn1-c1ccccc1. The Bertz CT molecular complexity index is 706. The van der Waals surface area contributed by atoms with Crippen LogP contribution in [0, 0.1) is 5.82 Å². The molecule has 2 heterocycles. The quantitative estimate of drug-likeness (QED) is 0.764. The Balaban J connectivity index is 2.10. The number of para-hydroxylation sites is 1. The first kappa shape index (κ1) is 11.4. The van der Waals surface area contributed by atoms with Gasteiger partial charge in [0.1, 0.15) is 5.82 Å². The van der Waals surface area contributed by atoms with E-state index in [0.29, 0.717) is 17.1 Å². The van der Waals surface area contributed by atoms with Crippen molar-refractivity contribution in [3.8, 4) is 16.9 Å². The van der Waals surface area contributed by atoms with Crippen LogP contribution in [0.15, 0.2) is 54.9 Å². The molecule has 94 valence electrons. The zero-order valence-corrected chi connectivity index (χ0v) is 9.99. The lowest BCUT2D eigenvalue weighted by Crippen LogP contribution is -2.01. The molecule has 3 aromatic rings. The molecule has 0 aliphatic heterocycles. The van der Waals surface area contributed by atoms with E-state index in [1.807, 2.05) is 30.3 Å². The third-order valence-electron chi connectivity index (χ3n) is 2.79. The molecule has 5 heteroatoms. The molecule has 0 radical (unpaired) electrons. The largest absolute Gasteiger partial charge is 0.384 e. The van der Waals surface area contributed by atoms with Crippen molar-refractivity contribution in [3.05, 3.63) is 60.7 Å². The molecule has 0 fully saturated rings. The zero-order chi connectivity index (χ0) is 13.2. The number of benzene rings is 1. The molecule has 0 aliphatic carbocycles. The standard InChI is InChI=1S/C14H11FN4/c15-12-9-17-7-6-11(12)13-8-14(16)19(18-13)10-4-2-1-3-5-10/h1-9H,16H2. The van der Waals surface area contributed by atoms with Crippen molar-refractivity contribution >= 4 is 5.82 Å². The summed E-state index contributed by atoms with van der Waals surface area (Å²) < 4.78 is 15.2. The van der Waals surface area contributed by atoms with Crippen LogP contribution in [0.3, 0.4) is 0 Å². The van der Waals surface area contributed by atoms with Crippen LogP contribution < -0.4 is 5.73 Å². The predicted molar refractivity (Wildman–Crippen MR) is 71.2 cm³/mol. The van der Waals surface area contributed by atoms with Gasteiger partial charge in [0.25, 0.3) is 0 Å². The highest BCUT2D eigenvalue weighted by Crippen LogP contribution is 2.24. The van der Waals surface area contributed by atoms with Crippen LogP contribution in [0.5, 0.6) is 0 Å². The molecule has 4 nitrogen and oxygen atoms in total. The van der Waals surface area contributed by atoms with Crippen molar-refractivity contribution in [3.63, 3.8) is 0 Å². The van der Waals surface area contributed by atoms with Gasteiger partial charge in [-0.05, 0) is 18.2 Å². The molecular weight excluding hydrogens is 243 g/mol. The third-order valence-corrected chi connectivity index (χ3v) is 2.79. The maximum Gasteiger partial charge on any atom is 0.150 e. The lowest BCUT2D eigenvalue weighted by atomic mass is 10.2. The minimum atomic E-state index is -0.416. The topological polar surface area (TPSA) is 56.7 Å². The van der Waals surface area contributed by atoms with Gasteiger partial charge in [-0.15, -0.1) is 0 Å². The molecule has 1 aromatic carbocycles. The van der Waals surface area contributed by atoms with Gasteiger partial charge in [-0.1, -0.05) is 18.2 Å². The number of aromatic nitrogens is 3. The van der Waals surface area contributed by atoms with Crippen LogP contribution in [-0.4, -0.2) is 14.8 Å². The van der Waals surface area contributed by atoms with Crippen LogP contribution in [0.4, 0.5) is 10.2 Å². The summed E-state index contributed by atoms with van der Waals surface area (Å²) in [6.07, 6.45) is 2.68. The van der Waals surface area contributed by atoms with Crippen LogP contribution in [0.1, 0.15) is 0 Å². The maximum atomic E-state index is 13.7. The highest BCUT2D eigenvalue weighted by atomic mass is 19.1. The number of nitrogen functional groups attached to an aromatic ring is 1. The van der Waals surface area contributed by atoms with Gasteiger partial charge >= 0.3 is 0 Å². The molecule has 0 bridgehead atoms. The summed E-state index contributed by atoms with van der Waals surface area (Å²) in [5.74, 6) is 0.0395. The Morgan fingerprint density at radius 2 is 1.89 bits per heavy atom. The number of halogens is 1. The number of pyridine rings is 1. The smallest absolute Gasteiger partial charge is 0.150 e. The summed E-state index contributed by atoms with van der Waals surface area (Å²) in [6.45, 7) is 0. The van der Waals surface area contributed by atoms with Gasteiger partial charge in [-0.3, -0.25) is 4.98 Å². The van der Waals surface area contributed by atoms with Crippen molar-refractivity contribution in [1.29, 1.82) is 0 Å². The molecule has 2 aromatic heterocycles. The Morgan fingerprint density at radius 1 is 1.11 bits per heavy atom. The molecule has 0 saturated carbocycles. The summed E-state index contributed by atoms with van der Waals surface area (Å²) in [4.78, 5) is 3.72. The molecule has 0 spiro atoms. The highest BCUT2D eigenvalue weighted by molar-refractivity contribution is 5.63. The number of anilines is 1. The lowest BCUT2D eigenvalue weighted by molar-refractivity contribution is 0.624. The van der Waals surface area contributed by atoms with Crippen molar-refractivity contribution in [2.75, 3.05) is 5.73 Å². The van der Waals surface area contributed by atoms with E-state index in [1.54, 1.807) is 16.8 Å². The van der Waals surface area contributed by atoms with E-state index in [1.165, 1.54) is 6.20 Å². The summed E-state index contributed by atoms with van der Waals surface area (Å²) in [5.41, 5.74) is 7.63. The van der Waals surface area contributed by atoms with Crippen LogP contribution in [0.25, 0.3) is 16.9 Å². The second-order valence-electron chi connectivity index (χ2n) is 4.06. The first-order chi connectivity index (χ1) is 9.25. The van der Waals surface area contributed by atoms with Crippen molar-refractivity contribution in [2.45, 2.75) is 0 Å². The van der Waals surface area contributed by atoms with Crippen LogP contribution in [-0.2, 0) is 0 Å². The number of nitrogens with two attached hydrogens (primary N) is 1. The number of rotatable bonds is 2. The summed E-state index contributed by atoms with van der Waals surface area (Å²) in [5, 5.41) is 4.34. The van der Waals surface area contributed by atoms with Crippen molar-refractivity contribution in [1.82, 2.24) is 14.8 Å². The fourth-order valence-electron chi connectivity index (χ4n) is 1.89. The predicted octanol–water partition coefficient (Wildman–Crippen LogP) is 2.66. The van der Waals surface area contributed by atoms with E-state index in [-0.39, 0.29) is 0 Å². The second kappa shape index (κ2) is 4.53. The molecule has 0 aliphatic rings. The van der Waals surface area contributed by atoms with E-state index in [0.717, 1.165) is 11.9 Å². The summed E-state index contributed by atoms with van der Waals surface area (Å²) >= 11 is 0. The van der Waals surface area contributed by atoms with Gasteiger partial charge in [0.2, 0.25) is 0 Å². The molecule has 0 saturated heterocycles. The Kier molecular flexibility index (Phi) is 2.72. The van der Waals surface area contributed by atoms with Gasteiger partial charge in [0.05, 0.1) is 17.6 Å². The second-order valence-corrected chi connectivity index (χ2v) is 4.06. The fraction of sp³-hybridized carbons (Fsp3) is 0. The number of hydrogen-bond acceptors (Lipinski definition) is 3. The summed E-state index contributed by atoms with van der Waals surface area (Å²) in [7, 11) is 0. The fourth-order valence-corrected chi connectivity index (χ4v) is 1.89. The van der Waals surface area contributed by atoms with E-state index in [9.17, 15) is 4.39 Å². The maximum absolute atomic E-state index is 13.7. The van der Waals surface area contributed by atoms with E-state index in [2.05, 4.69) is 10.1 Å². The minimum absolute atomic E-state index is 0.386. The van der Waals surface area contributed by atoms with Gasteiger partial charge in [-0.25, -0.2) is 9.07 Å². The molecule has 19 heavy (non-hydrogen) atoms. The minimum Gasteiger partial charge on any atom is -0.384 e. The molecular formula is C14H11FN4. The van der Waals surface area contributed by atoms with E-state index >= 15 is 0 Å². The third kappa shape index (κ3) is 2.06. The Labute approximate surface area is 109 Å². The van der Waals surface area contributed by atoms with Crippen molar-refractivity contribution in [2.24, 2.45) is 0 Å². The van der Waals surface area contributed by atoms with Gasteiger partial charge in [-0.2, -0.15) is 5.10 Å². The normalized spacial score (nSPS) is 10.6. The number of nitrogens with zero attached hydrogens (tertiary/aromatic N) is 3. The average Bonchev–Trinajstić information content (AvgIpc) is 2.82. The molecule has 3 rings (SSSR count). The first-order valence-electron chi connectivity index (χ1n) is 5.76. The highest BCUT2D eigenvalue weighted by Gasteiger charge is 2.11. The molecule has 0 amide bonds. The number of hydrogen-bond donors (Lipinski definition) is 1. The average molecular weight is 254 g/mol. The van der Waals surface area contributed by atoms with Gasteiger partial charge in [0, 0.05) is 17.8 Å². The summed E-state index contributed by atoms with van der Waals surface area (Å²) in [6, 6.07) is 12.7. The molecule has 0 atom stereocenters. The van der Waals surface area contributed by atoms with E-state index < -0.39 is 5.82 Å². The zero-order valence-electron chi connectivity index (χ0n) is 9.99. The Morgan fingerprint density at radius 3 is 2.63 bits per heavy atom. The van der Waals surface area contributed by atoms with Crippen LogP contribution >= 0.6 is 0 Å². The molecule has 2 N–H and O–H groups in total. The van der Waals surface area contributed by atoms with Crippen LogP contribution in [0.2, 0.25) is 0 Å². The Hall–Kier alpha value is -2.69. The van der Waals surface area contributed by atoms with Gasteiger partial charge in [0.15, 0.2) is 5.82 Å². The monoisotopic (exact) mass is 254 g/mol. The van der Waals surface area contributed by atoms with Crippen molar-refractivity contribution < 1.29 is 4.39 Å².